The van der Waals surface area contributed by atoms with Crippen molar-refractivity contribution in [3.8, 4) is 11.4 Å². The fourth-order valence-electron chi connectivity index (χ4n) is 1.91. The number of hydrogen-bond acceptors (Lipinski definition) is 4. The van der Waals surface area contributed by atoms with Crippen molar-refractivity contribution in [2.75, 3.05) is 11.9 Å². The van der Waals surface area contributed by atoms with Crippen LogP contribution >= 0.6 is 15.9 Å². The van der Waals surface area contributed by atoms with Crippen molar-refractivity contribution >= 4 is 21.6 Å². The van der Waals surface area contributed by atoms with Crippen LogP contribution in [0.25, 0.3) is 11.4 Å². The molecule has 0 bridgehead atoms. The molecule has 3 aromatic rings. The monoisotopic (exact) mass is 343 g/mol. The minimum absolute atomic E-state index is 0.652. The summed E-state index contributed by atoms with van der Waals surface area (Å²) in [5.74, 6) is 0.652. The van der Waals surface area contributed by atoms with E-state index in [0.717, 1.165) is 22.3 Å². The van der Waals surface area contributed by atoms with E-state index in [9.17, 15) is 0 Å². The Balaban J connectivity index is 1.57. The molecule has 0 aliphatic rings. The molecule has 0 atom stereocenters. The molecule has 0 aliphatic carbocycles. The maximum absolute atomic E-state index is 4.37. The van der Waals surface area contributed by atoms with Crippen LogP contribution in [0, 0.1) is 0 Å². The van der Waals surface area contributed by atoms with Gasteiger partial charge in [0.15, 0.2) is 0 Å². The third-order valence-corrected chi connectivity index (χ3v) is 3.50. The third kappa shape index (κ3) is 3.66. The van der Waals surface area contributed by atoms with Gasteiger partial charge in [0.05, 0.1) is 6.54 Å². The maximum atomic E-state index is 4.37. The minimum Gasteiger partial charge on any atom is -0.383 e. The number of rotatable bonds is 5. The van der Waals surface area contributed by atoms with Crippen LogP contribution in [0.3, 0.4) is 0 Å². The molecule has 5 nitrogen and oxygen atoms in total. The second kappa shape index (κ2) is 6.49. The smallest absolute Gasteiger partial charge is 0.204 e. The van der Waals surface area contributed by atoms with Crippen LogP contribution in [0.15, 0.2) is 59.1 Å². The minimum atomic E-state index is 0.652. The van der Waals surface area contributed by atoms with Crippen molar-refractivity contribution in [3.63, 3.8) is 0 Å². The van der Waals surface area contributed by atoms with Crippen LogP contribution in [0.1, 0.15) is 0 Å². The second-order valence-corrected chi connectivity index (χ2v) is 5.42. The van der Waals surface area contributed by atoms with Gasteiger partial charge in [-0.05, 0) is 29.5 Å². The molecule has 6 heteroatoms. The Labute approximate surface area is 131 Å². The predicted octanol–water partition coefficient (Wildman–Crippen LogP) is 3.21. The highest BCUT2D eigenvalue weighted by Gasteiger charge is 2.04. The molecule has 0 saturated carbocycles. The average molecular weight is 344 g/mol. The molecule has 106 valence electrons. The molecular weight excluding hydrogens is 330 g/mol. The van der Waals surface area contributed by atoms with Crippen LogP contribution in [-0.4, -0.2) is 26.8 Å². The van der Waals surface area contributed by atoms with Crippen LogP contribution in [0.2, 0.25) is 0 Å². The molecule has 1 heterocycles. The first-order chi connectivity index (χ1) is 10.3. The first-order valence-corrected chi connectivity index (χ1v) is 7.43. The van der Waals surface area contributed by atoms with Crippen molar-refractivity contribution < 1.29 is 0 Å². The SMILES string of the molecule is Brc1ccc(NCCn2nnc(-c3ccccc3)n2)cc1. The molecule has 3 rings (SSSR count). The standard InChI is InChI=1S/C15H14BrN5/c16-13-6-8-14(9-7-13)17-10-11-21-19-15(18-20-21)12-4-2-1-3-5-12/h1-9,17H,10-11H2. The van der Waals surface area contributed by atoms with Crippen molar-refractivity contribution in [2.24, 2.45) is 0 Å². The maximum Gasteiger partial charge on any atom is 0.204 e. The topological polar surface area (TPSA) is 55.6 Å². The lowest BCUT2D eigenvalue weighted by Crippen LogP contribution is -2.12. The van der Waals surface area contributed by atoms with Crippen molar-refractivity contribution in [1.82, 2.24) is 20.2 Å². The first-order valence-electron chi connectivity index (χ1n) is 6.64. The summed E-state index contributed by atoms with van der Waals surface area (Å²) in [5, 5.41) is 15.8. The number of nitrogens with one attached hydrogen (secondary N) is 1. The zero-order valence-electron chi connectivity index (χ0n) is 11.3. The summed E-state index contributed by atoms with van der Waals surface area (Å²) >= 11 is 3.42. The summed E-state index contributed by atoms with van der Waals surface area (Å²) in [5.41, 5.74) is 2.05. The van der Waals surface area contributed by atoms with E-state index in [1.807, 2.05) is 54.6 Å². The fraction of sp³-hybridized carbons (Fsp3) is 0.133. The van der Waals surface area contributed by atoms with Crippen LogP contribution < -0.4 is 5.32 Å². The van der Waals surface area contributed by atoms with Gasteiger partial charge < -0.3 is 5.32 Å². The normalized spacial score (nSPS) is 10.5. The van der Waals surface area contributed by atoms with Gasteiger partial charge in [-0.1, -0.05) is 46.3 Å². The van der Waals surface area contributed by atoms with Gasteiger partial charge in [0.2, 0.25) is 5.82 Å². The Bertz CT molecular complexity index is 694. The molecule has 0 fully saturated rings. The largest absolute Gasteiger partial charge is 0.383 e. The summed E-state index contributed by atoms with van der Waals surface area (Å²) in [7, 11) is 0. The molecule has 2 aromatic carbocycles. The quantitative estimate of drug-likeness (QED) is 0.772. The molecule has 0 unspecified atom stereocenters. The summed E-state index contributed by atoms with van der Waals surface area (Å²) in [6, 6.07) is 17.9. The van der Waals surface area contributed by atoms with E-state index in [1.165, 1.54) is 0 Å². The Hall–Kier alpha value is -2.21. The van der Waals surface area contributed by atoms with E-state index in [0.29, 0.717) is 12.4 Å². The summed E-state index contributed by atoms with van der Waals surface area (Å²) in [6.45, 7) is 1.40. The van der Waals surface area contributed by atoms with Gasteiger partial charge in [-0.25, -0.2) is 0 Å². The molecule has 21 heavy (non-hydrogen) atoms. The predicted molar refractivity (Wildman–Crippen MR) is 85.9 cm³/mol. The molecular formula is C15H14BrN5. The number of hydrogen-bond donors (Lipinski definition) is 1. The highest BCUT2D eigenvalue weighted by atomic mass is 79.9. The third-order valence-electron chi connectivity index (χ3n) is 2.97. The number of nitrogens with zero attached hydrogens (tertiary/aromatic N) is 4. The molecule has 0 aliphatic heterocycles. The van der Waals surface area contributed by atoms with Gasteiger partial charge in [-0.2, -0.15) is 4.80 Å². The molecule has 0 saturated heterocycles. The number of anilines is 1. The molecule has 1 aromatic heterocycles. The van der Waals surface area contributed by atoms with Gasteiger partial charge in [-0.3, -0.25) is 0 Å². The lowest BCUT2D eigenvalue weighted by atomic mass is 10.2. The van der Waals surface area contributed by atoms with Gasteiger partial charge in [0.1, 0.15) is 0 Å². The van der Waals surface area contributed by atoms with Crippen LogP contribution in [0.4, 0.5) is 5.69 Å². The van der Waals surface area contributed by atoms with Gasteiger partial charge in [0.25, 0.3) is 0 Å². The molecule has 0 amide bonds. The van der Waals surface area contributed by atoms with Crippen LogP contribution in [-0.2, 0) is 6.54 Å². The number of halogens is 1. The Morgan fingerprint density at radius 2 is 1.76 bits per heavy atom. The number of tetrazole rings is 1. The van der Waals surface area contributed by atoms with E-state index in [1.54, 1.807) is 4.80 Å². The van der Waals surface area contributed by atoms with Crippen molar-refractivity contribution in [2.45, 2.75) is 6.54 Å². The van der Waals surface area contributed by atoms with E-state index in [-0.39, 0.29) is 0 Å². The summed E-state index contributed by atoms with van der Waals surface area (Å²) < 4.78 is 1.07. The van der Waals surface area contributed by atoms with Gasteiger partial charge >= 0.3 is 0 Å². The Morgan fingerprint density at radius 1 is 1.00 bits per heavy atom. The zero-order valence-corrected chi connectivity index (χ0v) is 12.9. The molecule has 1 N–H and O–H groups in total. The molecule has 0 radical (unpaired) electrons. The Kier molecular flexibility index (Phi) is 4.25. The van der Waals surface area contributed by atoms with Gasteiger partial charge in [-0.15, -0.1) is 10.2 Å². The van der Waals surface area contributed by atoms with E-state index < -0.39 is 0 Å². The first kappa shape index (κ1) is 13.8. The van der Waals surface area contributed by atoms with Crippen molar-refractivity contribution in [3.05, 3.63) is 59.1 Å². The van der Waals surface area contributed by atoms with E-state index >= 15 is 0 Å². The lowest BCUT2D eigenvalue weighted by Gasteiger charge is -2.05. The molecule has 0 spiro atoms. The average Bonchev–Trinajstić information content (AvgIpc) is 2.99. The number of aromatic nitrogens is 4. The zero-order chi connectivity index (χ0) is 14.5. The lowest BCUT2D eigenvalue weighted by molar-refractivity contribution is 0.539. The van der Waals surface area contributed by atoms with E-state index in [4.69, 9.17) is 0 Å². The van der Waals surface area contributed by atoms with E-state index in [2.05, 4.69) is 36.7 Å². The number of benzene rings is 2. The summed E-state index contributed by atoms with van der Waals surface area (Å²) in [4.78, 5) is 1.61. The Morgan fingerprint density at radius 3 is 2.52 bits per heavy atom. The fourth-order valence-corrected chi connectivity index (χ4v) is 2.17. The van der Waals surface area contributed by atoms with Crippen molar-refractivity contribution in [1.29, 1.82) is 0 Å². The second-order valence-electron chi connectivity index (χ2n) is 4.51. The van der Waals surface area contributed by atoms with Crippen LogP contribution in [0.5, 0.6) is 0 Å². The van der Waals surface area contributed by atoms with Gasteiger partial charge in [0, 0.05) is 22.3 Å². The highest BCUT2D eigenvalue weighted by Crippen LogP contribution is 2.14. The summed E-state index contributed by atoms with van der Waals surface area (Å²) in [6.07, 6.45) is 0. The highest BCUT2D eigenvalue weighted by molar-refractivity contribution is 9.10.